The van der Waals surface area contributed by atoms with Crippen LogP contribution in [-0.4, -0.2) is 92.6 Å². The highest BCUT2D eigenvalue weighted by molar-refractivity contribution is 8.15. The maximum Gasteiger partial charge on any atom is 0.408 e. The summed E-state index contributed by atoms with van der Waals surface area (Å²) in [6.45, 7) is 9.74. The molecule has 1 saturated heterocycles. The Labute approximate surface area is 343 Å². The maximum absolute atomic E-state index is 14.2. The van der Waals surface area contributed by atoms with Gasteiger partial charge in [-0.2, -0.15) is 0 Å². The maximum atomic E-state index is 14.2. The minimum Gasteiger partial charge on any atom is -0.497 e. The van der Waals surface area contributed by atoms with Gasteiger partial charge in [0, 0.05) is 23.6 Å². The van der Waals surface area contributed by atoms with Gasteiger partial charge >= 0.3 is 6.09 Å². The number of alkyl halides is 2. The molecule has 6 rings (SSSR count). The van der Waals surface area contributed by atoms with Crippen molar-refractivity contribution < 1.29 is 37.4 Å². The Morgan fingerprint density at radius 3 is 2.50 bits per heavy atom. The van der Waals surface area contributed by atoms with E-state index >= 15 is 0 Å². The van der Waals surface area contributed by atoms with E-state index in [0.717, 1.165) is 86.7 Å². The van der Waals surface area contributed by atoms with Crippen LogP contribution in [0.1, 0.15) is 117 Å². The minimum atomic E-state index is -2.79. The van der Waals surface area contributed by atoms with Crippen LogP contribution in [0.25, 0.3) is 11.0 Å². The fraction of sp³-hybridized carbons (Fsp3) is 0.698. The molecule has 0 spiro atoms. The molecule has 8 atom stereocenters. The van der Waals surface area contributed by atoms with Crippen molar-refractivity contribution in [2.45, 2.75) is 153 Å². The van der Waals surface area contributed by atoms with E-state index < -0.39 is 64.5 Å². The molecule has 2 heterocycles. The van der Waals surface area contributed by atoms with Gasteiger partial charge in [-0.05, 0) is 113 Å². The number of aromatic nitrogens is 2. The van der Waals surface area contributed by atoms with Gasteiger partial charge < -0.3 is 29.7 Å². The van der Waals surface area contributed by atoms with Gasteiger partial charge in [0.1, 0.15) is 29.5 Å². The Hall–Kier alpha value is -3.88. The minimum absolute atomic E-state index is 0.0994. The molecular weight excluding hydrogens is 767 g/mol. The van der Waals surface area contributed by atoms with E-state index in [1.54, 1.807) is 7.11 Å². The molecule has 12 nitrogen and oxygen atoms in total. The van der Waals surface area contributed by atoms with Crippen LogP contribution in [0, 0.1) is 23.7 Å². The van der Waals surface area contributed by atoms with E-state index in [1.165, 1.54) is 4.90 Å². The molecule has 1 aromatic carbocycles. The second kappa shape index (κ2) is 18.6. The third-order valence-corrected chi connectivity index (χ3v) is 15.3. The van der Waals surface area contributed by atoms with Crippen molar-refractivity contribution in [2.75, 3.05) is 13.7 Å². The SMILES string of the molecule is C/C=S(/NC(=O)[C@@]1(NC(=O)[C@@H]2[C@H](CC)CCN2C(=O)[C@@H](NC(=O)O[C@@H]2CCC[C@H]2CCCCCc2cnc3cc(OC)ccc3n2)C(C)C)C[C@H]1C(F)F)C1(C)CC1. The van der Waals surface area contributed by atoms with E-state index in [4.69, 9.17) is 14.5 Å². The summed E-state index contributed by atoms with van der Waals surface area (Å²) in [5.74, 6) is -2.53. The highest BCUT2D eigenvalue weighted by Crippen LogP contribution is 2.53. The van der Waals surface area contributed by atoms with Crippen molar-refractivity contribution in [3.8, 4) is 5.75 Å². The molecule has 0 bridgehead atoms. The summed E-state index contributed by atoms with van der Waals surface area (Å²) in [7, 11) is 1.01. The van der Waals surface area contributed by atoms with Gasteiger partial charge in [-0.3, -0.25) is 19.4 Å². The summed E-state index contributed by atoms with van der Waals surface area (Å²) in [5.41, 5.74) is 0.861. The molecule has 320 valence electrons. The van der Waals surface area contributed by atoms with Crippen LogP contribution in [0.15, 0.2) is 24.4 Å². The fourth-order valence-corrected chi connectivity index (χ4v) is 10.8. The number of benzene rings is 1. The van der Waals surface area contributed by atoms with Gasteiger partial charge in [-0.15, -0.1) is 0 Å². The number of halogens is 2. The van der Waals surface area contributed by atoms with Crippen LogP contribution in [0.3, 0.4) is 0 Å². The molecule has 3 N–H and O–H groups in total. The second-order valence-corrected chi connectivity index (χ2v) is 19.6. The summed E-state index contributed by atoms with van der Waals surface area (Å²) in [4.78, 5) is 66.2. The average molecular weight is 829 g/mol. The summed E-state index contributed by atoms with van der Waals surface area (Å²) in [6, 6.07) is 3.75. The smallest absolute Gasteiger partial charge is 0.408 e. The third kappa shape index (κ3) is 9.76. The van der Waals surface area contributed by atoms with E-state index in [-0.39, 0.29) is 41.6 Å². The van der Waals surface area contributed by atoms with Crippen LogP contribution < -0.4 is 20.1 Å². The zero-order valence-corrected chi connectivity index (χ0v) is 35.7. The molecule has 0 radical (unpaired) electrons. The first-order chi connectivity index (χ1) is 27.7. The number of nitrogens with zero attached hydrogens (tertiary/aromatic N) is 3. The largest absolute Gasteiger partial charge is 0.497 e. The number of methoxy groups -OCH3 is 1. The first kappa shape index (κ1) is 43.7. The average Bonchev–Trinajstić information content (AvgIpc) is 4.02. The van der Waals surface area contributed by atoms with Crippen molar-refractivity contribution in [1.29, 1.82) is 0 Å². The molecule has 58 heavy (non-hydrogen) atoms. The lowest BCUT2D eigenvalue weighted by Gasteiger charge is -2.33. The summed E-state index contributed by atoms with van der Waals surface area (Å²) in [6.07, 6.45) is 8.34. The normalized spacial score (nSPS) is 27.1. The molecule has 4 fully saturated rings. The van der Waals surface area contributed by atoms with Gasteiger partial charge in [0.05, 0.1) is 29.8 Å². The van der Waals surface area contributed by atoms with E-state index in [0.29, 0.717) is 12.8 Å². The van der Waals surface area contributed by atoms with Crippen LogP contribution in [0.4, 0.5) is 13.6 Å². The first-order valence-electron chi connectivity index (χ1n) is 21.2. The number of carbonyl (C=O) groups is 4. The molecular formula is C43H62F2N6O6S. The number of nitrogens with one attached hydrogen (secondary N) is 3. The van der Waals surface area contributed by atoms with Gasteiger partial charge in [0.25, 0.3) is 5.91 Å². The van der Waals surface area contributed by atoms with E-state index in [2.05, 4.69) is 27.3 Å². The van der Waals surface area contributed by atoms with Gasteiger partial charge in [0.15, 0.2) is 0 Å². The number of carbonyl (C=O) groups excluding carboxylic acids is 4. The van der Waals surface area contributed by atoms with Crippen LogP contribution in [0.2, 0.25) is 0 Å². The molecule has 3 saturated carbocycles. The lowest BCUT2D eigenvalue weighted by Crippen LogP contribution is -2.59. The van der Waals surface area contributed by atoms with E-state index in [1.807, 2.05) is 57.5 Å². The second-order valence-electron chi connectivity index (χ2n) is 17.3. The Kier molecular flexibility index (Phi) is 14.0. The fourth-order valence-electron chi connectivity index (χ4n) is 8.93. The van der Waals surface area contributed by atoms with E-state index in [9.17, 15) is 28.0 Å². The lowest BCUT2D eigenvalue weighted by atomic mass is 9.95. The van der Waals surface area contributed by atoms with Crippen molar-refractivity contribution in [2.24, 2.45) is 23.7 Å². The van der Waals surface area contributed by atoms with Gasteiger partial charge in [-0.1, -0.05) is 50.7 Å². The van der Waals surface area contributed by atoms with Crippen molar-refractivity contribution in [1.82, 2.24) is 30.2 Å². The molecule has 2 aromatic rings. The number of rotatable bonds is 18. The zero-order valence-electron chi connectivity index (χ0n) is 34.9. The summed E-state index contributed by atoms with van der Waals surface area (Å²) < 4.78 is 42.4. The summed E-state index contributed by atoms with van der Waals surface area (Å²) in [5, 5.41) is 7.46. The monoisotopic (exact) mass is 828 g/mol. The molecule has 3 aliphatic carbocycles. The molecule has 4 aliphatic rings. The molecule has 1 aliphatic heterocycles. The predicted molar refractivity (Wildman–Crippen MR) is 222 cm³/mol. The van der Waals surface area contributed by atoms with Crippen LogP contribution >= 0.6 is 10.7 Å². The van der Waals surface area contributed by atoms with Gasteiger partial charge in [-0.25, -0.2) is 18.6 Å². The third-order valence-electron chi connectivity index (χ3n) is 13.0. The van der Waals surface area contributed by atoms with Crippen LogP contribution in [-0.2, 0) is 25.5 Å². The Morgan fingerprint density at radius 2 is 1.84 bits per heavy atom. The number of hydrogen-bond acceptors (Lipinski definition) is 8. The predicted octanol–water partition coefficient (Wildman–Crippen LogP) is 7.10. The number of alkyl carbamates (subject to hydrolysis) is 1. The van der Waals surface area contributed by atoms with Crippen LogP contribution in [0.5, 0.6) is 5.75 Å². The van der Waals surface area contributed by atoms with Gasteiger partial charge in [0.2, 0.25) is 18.2 Å². The Morgan fingerprint density at radius 1 is 1.07 bits per heavy atom. The van der Waals surface area contributed by atoms with Crippen molar-refractivity contribution in [3.05, 3.63) is 30.1 Å². The highest BCUT2D eigenvalue weighted by Gasteiger charge is 2.66. The van der Waals surface area contributed by atoms with Crippen molar-refractivity contribution in [3.63, 3.8) is 0 Å². The number of aryl methyl sites for hydroxylation is 1. The topological polar surface area (TPSA) is 152 Å². The Balaban J connectivity index is 1.02. The number of unbranched alkanes of at least 4 members (excludes halogenated alkanes) is 2. The quantitative estimate of drug-likeness (QED) is 0.106. The molecule has 1 unspecified atom stereocenters. The molecule has 1 aromatic heterocycles. The lowest BCUT2D eigenvalue weighted by molar-refractivity contribution is -0.143. The number of amides is 4. The standard InChI is InChI=1S/C43H62F2N6O6S/c1-7-27-19-22-51(36(27)38(52)49-43(24-31(43)37(44)45)40(54)50-58(8-2)42(5)20-21-42)39(53)35(26(3)4)48-41(55)57-34-16-12-14-28(34)13-10-9-11-15-29-25-46-33-23-30(56-6)17-18-32(33)47-29/h8,17-18,23,25-28,31,34-37H,7,9-16,19-22,24H2,1-6H3,(H,48,55)(H,49,52)(H,50,54)/t27-,28-,31+,34-,35+,36+,43-,58?/m1/s1. The molecule has 15 heteroatoms. The highest BCUT2D eigenvalue weighted by atomic mass is 32.2. The first-order valence-corrected chi connectivity index (χ1v) is 22.5. The zero-order chi connectivity index (χ0) is 41.8. The number of likely N-dealkylation sites (tertiary alicyclic amines) is 1. The summed E-state index contributed by atoms with van der Waals surface area (Å²) >= 11 is 0. The van der Waals surface area contributed by atoms with Crippen molar-refractivity contribution >= 4 is 50.9 Å². The Bertz CT molecular complexity index is 1860. The number of hydrogen-bond donors (Lipinski definition) is 3. The molecule has 4 amide bonds. The number of ether oxygens (including phenoxy) is 2. The number of fused-ring (bicyclic) bond motifs is 1.